The molecule has 3 rings (SSSR count). The van der Waals surface area contributed by atoms with Crippen molar-refractivity contribution in [3.63, 3.8) is 0 Å². The Bertz CT molecular complexity index is 901. The zero-order chi connectivity index (χ0) is 20.6. The first-order valence-electron chi connectivity index (χ1n) is 9.35. The molecular formula is C24H24N2O3. The first-order chi connectivity index (χ1) is 14.1. The van der Waals surface area contributed by atoms with E-state index in [-0.39, 0.29) is 18.2 Å². The standard InChI is InChI=1S/C24H24N2O3/c1-28-20-14-12-17(13-15-20)22(16-21(25)24(26)27)29-23(18-8-4-2-5-9-18)19-10-6-3-7-11-19/h2-15,22-23,25H,16H2,1H3,(H2,26,27). The van der Waals surface area contributed by atoms with Crippen molar-refractivity contribution < 1.29 is 14.3 Å². The highest BCUT2D eigenvalue weighted by Crippen LogP contribution is 2.34. The van der Waals surface area contributed by atoms with Crippen LogP contribution in [-0.4, -0.2) is 18.7 Å². The van der Waals surface area contributed by atoms with Crippen LogP contribution in [0, 0.1) is 5.41 Å². The molecule has 3 aromatic rings. The van der Waals surface area contributed by atoms with Crippen LogP contribution in [0.4, 0.5) is 0 Å². The first-order valence-corrected chi connectivity index (χ1v) is 9.35. The van der Waals surface area contributed by atoms with Crippen LogP contribution in [0.1, 0.15) is 35.3 Å². The highest BCUT2D eigenvalue weighted by Gasteiger charge is 2.24. The van der Waals surface area contributed by atoms with Gasteiger partial charge in [-0.1, -0.05) is 72.8 Å². The van der Waals surface area contributed by atoms with Crippen molar-refractivity contribution in [3.05, 3.63) is 102 Å². The molecule has 0 spiro atoms. The summed E-state index contributed by atoms with van der Waals surface area (Å²) in [5.41, 5.74) is 7.97. The predicted octanol–water partition coefficient (Wildman–Crippen LogP) is 4.44. The van der Waals surface area contributed by atoms with Gasteiger partial charge in [0, 0.05) is 6.42 Å². The zero-order valence-electron chi connectivity index (χ0n) is 16.2. The molecule has 0 fully saturated rings. The number of amides is 1. The molecule has 3 N–H and O–H groups in total. The molecule has 1 unspecified atom stereocenters. The second kappa shape index (κ2) is 9.66. The lowest BCUT2D eigenvalue weighted by molar-refractivity contribution is -0.112. The Morgan fingerprint density at radius 3 is 1.83 bits per heavy atom. The van der Waals surface area contributed by atoms with Crippen LogP contribution >= 0.6 is 0 Å². The number of hydrogen-bond donors (Lipinski definition) is 2. The molecule has 29 heavy (non-hydrogen) atoms. The summed E-state index contributed by atoms with van der Waals surface area (Å²) in [6.07, 6.45) is -0.797. The molecule has 0 heterocycles. The molecule has 0 radical (unpaired) electrons. The molecule has 0 aliphatic rings. The van der Waals surface area contributed by atoms with Crippen LogP contribution < -0.4 is 10.5 Å². The fourth-order valence-corrected chi connectivity index (χ4v) is 3.12. The highest BCUT2D eigenvalue weighted by atomic mass is 16.5. The van der Waals surface area contributed by atoms with E-state index in [1.807, 2.05) is 84.9 Å². The summed E-state index contributed by atoms with van der Waals surface area (Å²) in [7, 11) is 1.60. The number of rotatable bonds is 9. The SMILES string of the molecule is COc1ccc(C(CC(=N)C(N)=O)OC(c2ccccc2)c2ccccc2)cc1. The average molecular weight is 388 g/mol. The maximum absolute atomic E-state index is 11.5. The Hall–Kier alpha value is -3.44. The van der Waals surface area contributed by atoms with Gasteiger partial charge in [0.2, 0.25) is 0 Å². The topological polar surface area (TPSA) is 85.4 Å². The van der Waals surface area contributed by atoms with E-state index in [1.54, 1.807) is 7.11 Å². The minimum Gasteiger partial charge on any atom is -0.497 e. The Morgan fingerprint density at radius 2 is 1.38 bits per heavy atom. The van der Waals surface area contributed by atoms with Gasteiger partial charge in [-0.2, -0.15) is 0 Å². The highest BCUT2D eigenvalue weighted by molar-refractivity contribution is 6.37. The fourth-order valence-electron chi connectivity index (χ4n) is 3.12. The number of hydrogen-bond acceptors (Lipinski definition) is 4. The monoisotopic (exact) mass is 388 g/mol. The Balaban J connectivity index is 1.97. The van der Waals surface area contributed by atoms with Crippen molar-refractivity contribution in [2.45, 2.75) is 18.6 Å². The van der Waals surface area contributed by atoms with Gasteiger partial charge in [-0.15, -0.1) is 0 Å². The average Bonchev–Trinajstić information content (AvgIpc) is 2.77. The second-order valence-electron chi connectivity index (χ2n) is 6.65. The summed E-state index contributed by atoms with van der Waals surface area (Å²) < 4.78 is 11.7. The Morgan fingerprint density at radius 1 is 0.862 bits per heavy atom. The van der Waals surface area contributed by atoms with Crippen molar-refractivity contribution in [3.8, 4) is 5.75 Å². The summed E-state index contributed by atoms with van der Waals surface area (Å²) in [6, 6.07) is 27.2. The van der Waals surface area contributed by atoms with E-state index in [9.17, 15) is 4.79 Å². The molecule has 148 valence electrons. The van der Waals surface area contributed by atoms with Crippen LogP contribution in [0.5, 0.6) is 5.75 Å². The van der Waals surface area contributed by atoms with Gasteiger partial charge in [-0.25, -0.2) is 0 Å². The normalized spacial score (nSPS) is 11.8. The first kappa shape index (κ1) is 20.3. The number of methoxy groups -OCH3 is 1. The van der Waals surface area contributed by atoms with Gasteiger partial charge in [0.15, 0.2) is 0 Å². The van der Waals surface area contributed by atoms with Crippen LogP contribution in [0.15, 0.2) is 84.9 Å². The van der Waals surface area contributed by atoms with Gasteiger partial charge in [0.1, 0.15) is 11.9 Å². The van der Waals surface area contributed by atoms with Gasteiger partial charge in [0.25, 0.3) is 5.91 Å². The van der Waals surface area contributed by atoms with Crippen molar-refractivity contribution in [2.75, 3.05) is 7.11 Å². The van der Waals surface area contributed by atoms with Gasteiger partial charge in [-0.05, 0) is 28.8 Å². The number of carbonyl (C=O) groups excluding carboxylic acids is 1. The predicted molar refractivity (Wildman–Crippen MR) is 113 cm³/mol. The summed E-state index contributed by atoms with van der Waals surface area (Å²) >= 11 is 0. The van der Waals surface area contributed by atoms with E-state index in [1.165, 1.54) is 0 Å². The van der Waals surface area contributed by atoms with E-state index in [4.69, 9.17) is 20.6 Å². The molecule has 1 amide bonds. The largest absolute Gasteiger partial charge is 0.497 e. The van der Waals surface area contributed by atoms with E-state index < -0.39 is 12.0 Å². The summed E-state index contributed by atoms with van der Waals surface area (Å²) in [5, 5.41) is 7.98. The number of benzene rings is 3. The number of carbonyl (C=O) groups is 1. The zero-order valence-corrected chi connectivity index (χ0v) is 16.2. The molecule has 0 aliphatic carbocycles. The lowest BCUT2D eigenvalue weighted by Gasteiger charge is -2.26. The lowest BCUT2D eigenvalue weighted by Crippen LogP contribution is -2.25. The van der Waals surface area contributed by atoms with Crippen molar-refractivity contribution in [1.82, 2.24) is 0 Å². The van der Waals surface area contributed by atoms with Crippen LogP contribution in [0.3, 0.4) is 0 Å². The van der Waals surface area contributed by atoms with Crippen molar-refractivity contribution in [2.24, 2.45) is 5.73 Å². The van der Waals surface area contributed by atoms with Crippen LogP contribution in [0.25, 0.3) is 0 Å². The van der Waals surface area contributed by atoms with Gasteiger partial charge in [0.05, 0.1) is 18.9 Å². The third-order valence-electron chi connectivity index (χ3n) is 4.68. The molecule has 5 nitrogen and oxygen atoms in total. The van der Waals surface area contributed by atoms with E-state index in [0.29, 0.717) is 0 Å². The lowest BCUT2D eigenvalue weighted by atomic mass is 9.99. The summed E-state index contributed by atoms with van der Waals surface area (Å²) in [4.78, 5) is 11.5. The minimum atomic E-state index is -0.747. The summed E-state index contributed by atoms with van der Waals surface area (Å²) in [6.45, 7) is 0. The molecule has 0 saturated heterocycles. The van der Waals surface area contributed by atoms with E-state index in [2.05, 4.69) is 0 Å². The molecule has 0 saturated carbocycles. The molecule has 3 aromatic carbocycles. The quantitative estimate of drug-likeness (QED) is 0.532. The maximum Gasteiger partial charge on any atom is 0.262 e. The molecule has 1 atom stereocenters. The number of nitrogens with two attached hydrogens (primary N) is 1. The minimum absolute atomic E-state index is 0.0812. The fraction of sp³-hybridized carbons (Fsp3) is 0.167. The van der Waals surface area contributed by atoms with Crippen LogP contribution in [0.2, 0.25) is 0 Å². The maximum atomic E-state index is 11.5. The van der Waals surface area contributed by atoms with E-state index >= 15 is 0 Å². The van der Waals surface area contributed by atoms with Crippen molar-refractivity contribution >= 4 is 11.6 Å². The number of primary amides is 1. The molecule has 0 aromatic heterocycles. The molecular weight excluding hydrogens is 364 g/mol. The molecule has 0 aliphatic heterocycles. The Labute approximate surface area is 170 Å². The smallest absolute Gasteiger partial charge is 0.262 e. The summed E-state index contributed by atoms with van der Waals surface area (Å²) in [5.74, 6) is -0.0248. The third kappa shape index (κ3) is 5.30. The van der Waals surface area contributed by atoms with Crippen molar-refractivity contribution in [1.29, 1.82) is 5.41 Å². The van der Waals surface area contributed by atoms with E-state index in [0.717, 1.165) is 22.4 Å². The van der Waals surface area contributed by atoms with Crippen LogP contribution in [-0.2, 0) is 9.53 Å². The number of ether oxygens (including phenoxy) is 2. The van der Waals surface area contributed by atoms with Gasteiger partial charge in [-0.3, -0.25) is 10.2 Å². The molecule has 5 heteroatoms. The second-order valence-corrected chi connectivity index (χ2v) is 6.65. The Kier molecular flexibility index (Phi) is 6.76. The number of nitrogens with one attached hydrogen (secondary N) is 1. The molecule has 0 bridgehead atoms. The van der Waals surface area contributed by atoms with Gasteiger partial charge < -0.3 is 15.2 Å². The third-order valence-corrected chi connectivity index (χ3v) is 4.68. The van der Waals surface area contributed by atoms with Gasteiger partial charge >= 0.3 is 0 Å².